The molecule has 1 fully saturated rings. The van der Waals surface area contributed by atoms with Gasteiger partial charge < -0.3 is 15.5 Å². The molecule has 3 N–H and O–H groups in total. The number of benzene rings is 1. The van der Waals surface area contributed by atoms with Crippen LogP contribution in [-0.2, 0) is 6.54 Å². The van der Waals surface area contributed by atoms with Crippen molar-refractivity contribution in [2.24, 2.45) is 5.41 Å². The first-order chi connectivity index (χ1) is 9.84. The molecule has 0 atom stereocenters. The fraction of sp³-hybridized carbons (Fsp3) is 0.588. The number of carboxylic acid groups (broad SMARTS) is 1. The summed E-state index contributed by atoms with van der Waals surface area (Å²) in [4.78, 5) is 10.8. The van der Waals surface area contributed by atoms with Crippen LogP contribution in [0.1, 0.15) is 55.5 Å². The molecule has 0 heterocycles. The van der Waals surface area contributed by atoms with Crippen molar-refractivity contribution < 1.29 is 15.0 Å². The Morgan fingerprint density at radius 2 is 1.81 bits per heavy atom. The summed E-state index contributed by atoms with van der Waals surface area (Å²) in [6, 6.07) is 6.89. The molecular weight excluding hydrogens is 266 g/mol. The highest BCUT2D eigenvalue weighted by Gasteiger charge is 2.44. The van der Waals surface area contributed by atoms with E-state index in [2.05, 4.69) is 19.2 Å². The average Bonchev–Trinajstić information content (AvgIpc) is 2.88. The number of aliphatic hydroxyl groups is 1. The van der Waals surface area contributed by atoms with Gasteiger partial charge in [0.05, 0.1) is 11.2 Å². The van der Waals surface area contributed by atoms with Gasteiger partial charge in [-0.15, -0.1) is 0 Å². The number of hydrogen-bond donors (Lipinski definition) is 3. The summed E-state index contributed by atoms with van der Waals surface area (Å²) in [7, 11) is 0. The summed E-state index contributed by atoms with van der Waals surface area (Å²) in [5.74, 6) is -0.904. The van der Waals surface area contributed by atoms with Crippen LogP contribution < -0.4 is 5.32 Å². The third-order valence-electron chi connectivity index (χ3n) is 4.79. The lowest BCUT2D eigenvalue weighted by Gasteiger charge is -2.40. The van der Waals surface area contributed by atoms with Crippen LogP contribution in [0.2, 0.25) is 0 Å². The zero-order valence-electron chi connectivity index (χ0n) is 12.9. The molecular formula is C17H25NO3. The highest BCUT2D eigenvalue weighted by Crippen LogP contribution is 2.43. The van der Waals surface area contributed by atoms with Gasteiger partial charge in [-0.05, 0) is 30.5 Å². The SMILES string of the molecule is CC(C)(CNCc1ccc(C(=O)O)cc1)C1(O)CCCC1. The second-order valence-electron chi connectivity index (χ2n) is 6.73. The minimum atomic E-state index is -0.904. The van der Waals surface area contributed by atoms with Crippen molar-refractivity contribution >= 4 is 5.97 Å². The van der Waals surface area contributed by atoms with Gasteiger partial charge in [0.2, 0.25) is 0 Å². The van der Waals surface area contributed by atoms with Crippen LogP contribution >= 0.6 is 0 Å². The maximum atomic E-state index is 10.8. The molecule has 1 saturated carbocycles. The van der Waals surface area contributed by atoms with E-state index in [-0.39, 0.29) is 5.41 Å². The topological polar surface area (TPSA) is 69.6 Å². The molecule has 21 heavy (non-hydrogen) atoms. The summed E-state index contributed by atoms with van der Waals surface area (Å²) in [5, 5.41) is 23.0. The third kappa shape index (κ3) is 3.63. The van der Waals surface area contributed by atoms with Gasteiger partial charge in [0, 0.05) is 18.5 Å². The highest BCUT2D eigenvalue weighted by molar-refractivity contribution is 5.87. The summed E-state index contributed by atoms with van der Waals surface area (Å²) < 4.78 is 0. The summed E-state index contributed by atoms with van der Waals surface area (Å²) in [6.07, 6.45) is 3.98. The van der Waals surface area contributed by atoms with Gasteiger partial charge >= 0.3 is 5.97 Å². The van der Waals surface area contributed by atoms with Crippen LogP contribution in [0.4, 0.5) is 0 Å². The Hall–Kier alpha value is -1.39. The van der Waals surface area contributed by atoms with E-state index in [0.717, 1.165) is 37.8 Å². The van der Waals surface area contributed by atoms with Gasteiger partial charge in [-0.1, -0.05) is 38.8 Å². The molecule has 2 rings (SSSR count). The van der Waals surface area contributed by atoms with E-state index in [1.54, 1.807) is 12.1 Å². The van der Waals surface area contributed by atoms with Crippen molar-refractivity contribution in [3.8, 4) is 0 Å². The van der Waals surface area contributed by atoms with E-state index < -0.39 is 11.6 Å². The molecule has 1 aliphatic rings. The zero-order chi connectivity index (χ0) is 15.5. The molecule has 1 aromatic rings. The number of rotatable bonds is 6. The van der Waals surface area contributed by atoms with E-state index in [9.17, 15) is 9.90 Å². The first kappa shape index (κ1) is 16.0. The smallest absolute Gasteiger partial charge is 0.335 e. The minimum Gasteiger partial charge on any atom is -0.478 e. The van der Waals surface area contributed by atoms with Crippen molar-refractivity contribution in [1.29, 1.82) is 0 Å². The van der Waals surface area contributed by atoms with Crippen LogP contribution in [-0.4, -0.2) is 28.3 Å². The molecule has 0 saturated heterocycles. The summed E-state index contributed by atoms with van der Waals surface area (Å²) in [6.45, 7) is 5.64. The molecule has 0 amide bonds. The van der Waals surface area contributed by atoms with E-state index >= 15 is 0 Å². The second kappa shape index (κ2) is 6.16. The number of carbonyl (C=O) groups is 1. The fourth-order valence-corrected chi connectivity index (χ4v) is 3.09. The number of nitrogens with one attached hydrogen (secondary N) is 1. The van der Waals surface area contributed by atoms with Crippen LogP contribution in [0.5, 0.6) is 0 Å². The van der Waals surface area contributed by atoms with Crippen molar-refractivity contribution in [3.63, 3.8) is 0 Å². The zero-order valence-corrected chi connectivity index (χ0v) is 12.9. The van der Waals surface area contributed by atoms with Crippen molar-refractivity contribution in [2.45, 2.75) is 51.7 Å². The molecule has 4 nitrogen and oxygen atoms in total. The van der Waals surface area contributed by atoms with Crippen molar-refractivity contribution in [3.05, 3.63) is 35.4 Å². The lowest BCUT2D eigenvalue weighted by Crippen LogP contribution is -2.48. The molecule has 1 aliphatic carbocycles. The predicted octanol–water partition coefficient (Wildman–Crippen LogP) is 2.81. The highest BCUT2D eigenvalue weighted by atomic mass is 16.4. The second-order valence-corrected chi connectivity index (χ2v) is 6.73. The lowest BCUT2D eigenvalue weighted by atomic mass is 9.73. The predicted molar refractivity (Wildman–Crippen MR) is 82.3 cm³/mol. The Balaban J connectivity index is 1.87. The van der Waals surface area contributed by atoms with Gasteiger partial charge in [-0.2, -0.15) is 0 Å². The fourth-order valence-electron chi connectivity index (χ4n) is 3.09. The van der Waals surface area contributed by atoms with Gasteiger partial charge in [0.15, 0.2) is 0 Å². The number of hydrogen-bond acceptors (Lipinski definition) is 3. The largest absolute Gasteiger partial charge is 0.478 e. The molecule has 116 valence electrons. The Morgan fingerprint density at radius 1 is 1.24 bits per heavy atom. The molecule has 0 radical (unpaired) electrons. The van der Waals surface area contributed by atoms with Crippen LogP contribution in [0.25, 0.3) is 0 Å². The number of aromatic carboxylic acids is 1. The molecule has 0 unspecified atom stereocenters. The van der Waals surface area contributed by atoms with Crippen molar-refractivity contribution in [2.75, 3.05) is 6.54 Å². The van der Waals surface area contributed by atoms with Gasteiger partial charge in [-0.3, -0.25) is 0 Å². The Labute approximate surface area is 126 Å². The van der Waals surface area contributed by atoms with Crippen molar-refractivity contribution in [1.82, 2.24) is 5.32 Å². The minimum absolute atomic E-state index is 0.162. The quantitative estimate of drug-likeness (QED) is 0.754. The van der Waals surface area contributed by atoms with E-state index in [0.29, 0.717) is 12.1 Å². The first-order valence-electron chi connectivity index (χ1n) is 7.59. The maximum absolute atomic E-state index is 10.8. The standard InChI is InChI=1S/C17H25NO3/c1-16(2,17(21)9-3-4-10-17)12-18-11-13-5-7-14(8-6-13)15(19)20/h5-8,18,21H,3-4,9-12H2,1-2H3,(H,19,20). The lowest BCUT2D eigenvalue weighted by molar-refractivity contribution is -0.0602. The van der Waals surface area contributed by atoms with E-state index in [1.807, 2.05) is 12.1 Å². The summed E-state index contributed by atoms with van der Waals surface area (Å²) >= 11 is 0. The van der Waals surface area contributed by atoms with E-state index in [1.165, 1.54) is 0 Å². The normalized spacial score (nSPS) is 17.9. The van der Waals surface area contributed by atoms with Crippen LogP contribution in [0.15, 0.2) is 24.3 Å². The number of carboxylic acids is 1. The van der Waals surface area contributed by atoms with Gasteiger partial charge in [0.1, 0.15) is 0 Å². The van der Waals surface area contributed by atoms with Crippen LogP contribution in [0.3, 0.4) is 0 Å². The van der Waals surface area contributed by atoms with E-state index in [4.69, 9.17) is 5.11 Å². The van der Waals surface area contributed by atoms with Gasteiger partial charge in [0.25, 0.3) is 0 Å². The Bertz CT molecular complexity index is 487. The Morgan fingerprint density at radius 3 is 2.33 bits per heavy atom. The van der Waals surface area contributed by atoms with Crippen LogP contribution in [0, 0.1) is 5.41 Å². The molecule has 0 aromatic heterocycles. The maximum Gasteiger partial charge on any atom is 0.335 e. The molecule has 0 bridgehead atoms. The van der Waals surface area contributed by atoms with Gasteiger partial charge in [-0.25, -0.2) is 4.79 Å². The Kier molecular flexibility index (Phi) is 4.69. The monoisotopic (exact) mass is 291 g/mol. The molecule has 0 spiro atoms. The molecule has 0 aliphatic heterocycles. The summed E-state index contributed by atoms with van der Waals surface area (Å²) in [5.41, 5.74) is 0.631. The molecule has 1 aromatic carbocycles. The third-order valence-corrected chi connectivity index (χ3v) is 4.79. The molecule has 4 heteroatoms. The average molecular weight is 291 g/mol. The first-order valence-corrected chi connectivity index (χ1v) is 7.59.